The molecule has 54 heavy (non-hydrogen) atoms. The summed E-state index contributed by atoms with van der Waals surface area (Å²) in [6.45, 7) is 6.08. The molecule has 1 unspecified atom stereocenters. The second-order valence-electron chi connectivity index (χ2n) is 14.7. The number of aliphatic hydroxyl groups excluding tert-OH is 1. The first-order valence-electron chi connectivity index (χ1n) is 17.2. The second-order valence-corrected chi connectivity index (χ2v) is 17.1. The van der Waals surface area contributed by atoms with E-state index < -0.39 is 33.6 Å². The maximum atomic E-state index is 14.2. The number of rotatable bonds is 11. The molecule has 5 rings (SSSR count). The summed E-state index contributed by atoms with van der Waals surface area (Å²) in [7, 11) is 1.82. The molecular weight excluding hydrogens is 822 g/mol. The number of sulfonamides is 1. The van der Waals surface area contributed by atoms with Gasteiger partial charge in [0.25, 0.3) is 0 Å². The lowest BCUT2D eigenvalue weighted by Crippen LogP contribution is -3.00. The Morgan fingerprint density at radius 1 is 1.04 bits per heavy atom. The average Bonchev–Trinajstić information content (AvgIpc) is 3.06. The number of nitrogens with one attached hydrogen (secondary N) is 1. The molecule has 2 aromatic carbocycles. The molecular formula is C36H51Cl5N6O6S. The highest BCUT2D eigenvalue weighted by Crippen LogP contribution is 2.40. The van der Waals surface area contributed by atoms with Gasteiger partial charge < -0.3 is 42.3 Å². The van der Waals surface area contributed by atoms with Gasteiger partial charge in [0.1, 0.15) is 16.5 Å². The summed E-state index contributed by atoms with van der Waals surface area (Å²) in [5.41, 5.74) is 7.45. The number of para-hydroxylation sites is 1. The molecule has 2 amide bonds. The Morgan fingerprint density at radius 3 is 2.26 bits per heavy atom. The van der Waals surface area contributed by atoms with Gasteiger partial charge in [-0.05, 0) is 63.3 Å². The average molecular weight is 873 g/mol. The van der Waals surface area contributed by atoms with E-state index in [1.54, 1.807) is 21.9 Å². The number of quaternary nitrogens is 1. The number of amides is 2. The highest BCUT2D eigenvalue weighted by Gasteiger charge is 2.47. The molecule has 0 bridgehead atoms. The molecule has 3 aromatic rings. The van der Waals surface area contributed by atoms with E-state index in [0.717, 1.165) is 34.1 Å². The smallest absolute Gasteiger partial charge is 0.244 e. The van der Waals surface area contributed by atoms with Gasteiger partial charge in [0.15, 0.2) is 0 Å². The summed E-state index contributed by atoms with van der Waals surface area (Å²) in [6.07, 6.45) is 0.186. The number of carbonyl (C=O) groups excluding carboxylic acids is 2. The van der Waals surface area contributed by atoms with E-state index in [-0.39, 0.29) is 103 Å². The van der Waals surface area contributed by atoms with Gasteiger partial charge >= 0.3 is 0 Å². The molecule has 2 aliphatic rings. The van der Waals surface area contributed by atoms with Crippen LogP contribution in [0, 0.1) is 13.8 Å². The number of ether oxygens (including phenoxy) is 1. The number of hydrogen-bond donors (Lipinski definition) is 3. The number of aryl methyl sites for hydroxylation is 2. The number of aromatic nitrogens is 1. The number of halogens is 5. The van der Waals surface area contributed by atoms with Crippen molar-refractivity contribution in [1.82, 2.24) is 19.5 Å². The van der Waals surface area contributed by atoms with Crippen molar-refractivity contribution >= 4 is 80.8 Å². The summed E-state index contributed by atoms with van der Waals surface area (Å²) < 4.78 is 37.4. The molecule has 2 saturated heterocycles. The first-order chi connectivity index (χ1) is 23.9. The zero-order valence-corrected chi connectivity index (χ0v) is 35.8. The van der Waals surface area contributed by atoms with Crippen LogP contribution in [0.2, 0.25) is 10.0 Å². The van der Waals surface area contributed by atoms with Crippen LogP contribution in [0.25, 0.3) is 10.9 Å². The van der Waals surface area contributed by atoms with E-state index in [0.29, 0.717) is 30.6 Å². The summed E-state index contributed by atoms with van der Waals surface area (Å²) in [5.74, 6) is -0.545. The number of fused-ring (bicyclic) bond motifs is 1. The number of nitrogens with zero attached hydrogens (tertiary/aromatic N) is 4. The standard InChI is InChI=1S/C36H49Cl2N6O6S.3ClH/c1-23-22-24(2)40-32-25(23)8-6-9-26(32)33(45)30-27(37)11-12-29(31(30)38)51(48,49)41-36(13-20-50-21-14-36)35(47)43-17-15-42(16-18-43)34(46)28(39)10-7-19-44(3,4)5;;;/h6,8-9,11-12,22,28,33,41,45H,7,10,13-21,39H2,1-5H3;3*1H/q+1;;;/p-1/t28-,33?;;;/m0.../s1. The van der Waals surface area contributed by atoms with Crippen molar-refractivity contribution in [2.45, 2.75) is 62.1 Å². The summed E-state index contributed by atoms with van der Waals surface area (Å²) in [5, 5.41) is 12.3. The fourth-order valence-corrected chi connectivity index (χ4v) is 9.35. The van der Waals surface area contributed by atoms with Gasteiger partial charge in [-0.3, -0.25) is 14.6 Å². The molecule has 2 fully saturated rings. The Bertz CT molecular complexity index is 1900. The van der Waals surface area contributed by atoms with Crippen molar-refractivity contribution < 1.29 is 44.7 Å². The van der Waals surface area contributed by atoms with Crippen molar-refractivity contribution in [2.75, 3.05) is 67.1 Å². The number of aliphatic hydroxyl groups is 1. The zero-order valence-electron chi connectivity index (χ0n) is 31.1. The SMILES string of the molecule is Cc1cc(C)c2cccc(C(O)c3c(Cl)ccc(S(=O)(=O)NC4(C(=O)N5CCN(C(=O)[C@@H](N)CCC[N+](C)(C)C)CC5)CCOCC4)c3Cl)c2n1.Cl.Cl.[Cl-]. The normalized spacial score (nSPS) is 17.1. The van der Waals surface area contributed by atoms with Crippen LogP contribution in [0.3, 0.4) is 0 Å². The van der Waals surface area contributed by atoms with Crippen molar-refractivity contribution in [3.8, 4) is 0 Å². The third kappa shape index (κ3) is 10.7. The molecule has 1 aromatic heterocycles. The Morgan fingerprint density at radius 2 is 1.65 bits per heavy atom. The second kappa shape index (κ2) is 19.4. The molecule has 2 atom stereocenters. The first kappa shape index (κ1) is 48.1. The van der Waals surface area contributed by atoms with Crippen LogP contribution in [-0.2, 0) is 24.3 Å². The monoisotopic (exact) mass is 870 g/mol. The fourth-order valence-electron chi connectivity index (χ4n) is 6.96. The lowest BCUT2D eigenvalue weighted by atomic mass is 9.89. The number of pyridine rings is 1. The van der Waals surface area contributed by atoms with Crippen LogP contribution in [-0.4, -0.2) is 123 Å². The summed E-state index contributed by atoms with van der Waals surface area (Å²) in [4.78, 5) is 34.9. The van der Waals surface area contributed by atoms with E-state index in [2.05, 4.69) is 30.8 Å². The fraction of sp³-hybridized carbons (Fsp3) is 0.528. The van der Waals surface area contributed by atoms with Gasteiger partial charge in [-0.1, -0.05) is 41.4 Å². The van der Waals surface area contributed by atoms with Crippen molar-refractivity contribution in [1.29, 1.82) is 0 Å². The van der Waals surface area contributed by atoms with E-state index >= 15 is 0 Å². The van der Waals surface area contributed by atoms with E-state index in [4.69, 9.17) is 33.7 Å². The van der Waals surface area contributed by atoms with Gasteiger partial charge in [-0.25, -0.2) is 8.42 Å². The predicted octanol–water partition coefficient (Wildman–Crippen LogP) is 1.40. The van der Waals surface area contributed by atoms with Gasteiger partial charge in [-0.15, -0.1) is 24.8 Å². The van der Waals surface area contributed by atoms with E-state index in [1.807, 2.05) is 26.0 Å². The van der Waals surface area contributed by atoms with Crippen LogP contribution in [0.1, 0.15) is 54.2 Å². The molecule has 302 valence electrons. The molecule has 0 radical (unpaired) electrons. The van der Waals surface area contributed by atoms with Gasteiger partial charge in [-0.2, -0.15) is 4.72 Å². The van der Waals surface area contributed by atoms with Crippen molar-refractivity contribution in [3.05, 3.63) is 68.8 Å². The highest BCUT2D eigenvalue weighted by atomic mass is 35.5. The quantitative estimate of drug-likeness (QED) is 0.245. The molecule has 3 heterocycles. The number of hydrogen-bond acceptors (Lipinski definition) is 8. The largest absolute Gasteiger partial charge is 1.00 e. The Kier molecular flexibility index (Phi) is 17.3. The van der Waals surface area contributed by atoms with Gasteiger partial charge in [0, 0.05) is 66.6 Å². The molecule has 4 N–H and O–H groups in total. The third-order valence-electron chi connectivity index (χ3n) is 9.78. The van der Waals surface area contributed by atoms with E-state index in [1.165, 1.54) is 12.1 Å². The van der Waals surface area contributed by atoms with E-state index in [9.17, 15) is 23.1 Å². The lowest BCUT2D eigenvalue weighted by molar-refractivity contribution is -0.870. The van der Waals surface area contributed by atoms with Crippen LogP contribution < -0.4 is 22.9 Å². The molecule has 12 nitrogen and oxygen atoms in total. The van der Waals surface area contributed by atoms with Crippen molar-refractivity contribution in [3.63, 3.8) is 0 Å². The number of piperazine rings is 1. The van der Waals surface area contributed by atoms with Gasteiger partial charge in [0.05, 0.1) is 44.3 Å². The third-order valence-corrected chi connectivity index (χ3v) is 12.2. The van der Waals surface area contributed by atoms with Crippen molar-refractivity contribution in [2.24, 2.45) is 5.73 Å². The Labute approximate surface area is 346 Å². The van der Waals surface area contributed by atoms with Crippen LogP contribution >= 0.6 is 48.0 Å². The molecule has 0 saturated carbocycles. The van der Waals surface area contributed by atoms with Crippen LogP contribution in [0.5, 0.6) is 0 Å². The minimum Gasteiger partial charge on any atom is -1.00 e. The number of benzene rings is 2. The summed E-state index contributed by atoms with van der Waals surface area (Å²) in [6, 6.07) is 9.34. The lowest BCUT2D eigenvalue weighted by Gasteiger charge is -2.43. The van der Waals surface area contributed by atoms with Crippen LogP contribution in [0.15, 0.2) is 41.3 Å². The number of carbonyl (C=O) groups is 2. The molecule has 18 heteroatoms. The maximum absolute atomic E-state index is 14.2. The minimum atomic E-state index is -4.45. The summed E-state index contributed by atoms with van der Waals surface area (Å²) >= 11 is 13.4. The van der Waals surface area contributed by atoms with Gasteiger partial charge in [0.2, 0.25) is 21.8 Å². The Hall–Kier alpha value is -2.01. The minimum absolute atomic E-state index is 0. The van der Waals surface area contributed by atoms with Crippen LogP contribution in [0.4, 0.5) is 0 Å². The molecule has 0 aliphatic carbocycles. The zero-order chi connectivity index (χ0) is 37.3. The Balaban J connectivity index is 0.00000336. The highest BCUT2D eigenvalue weighted by molar-refractivity contribution is 7.89. The first-order valence-corrected chi connectivity index (χ1v) is 19.5. The number of nitrogens with two attached hydrogens (primary N) is 1. The molecule has 2 aliphatic heterocycles. The predicted molar refractivity (Wildman–Crippen MR) is 213 cm³/mol. The topological polar surface area (TPSA) is 155 Å². The maximum Gasteiger partial charge on any atom is 0.244 e. The molecule has 0 spiro atoms.